The van der Waals surface area contributed by atoms with E-state index in [9.17, 15) is 22.8 Å². The Hall–Kier alpha value is -4.88. The number of piperazine rings is 1. The molecule has 2 amide bonds. The molecule has 13 heteroatoms. The van der Waals surface area contributed by atoms with Gasteiger partial charge < -0.3 is 23.8 Å². The lowest BCUT2D eigenvalue weighted by atomic mass is 10.1. The van der Waals surface area contributed by atoms with Crippen LogP contribution in [0.15, 0.2) is 85.1 Å². The first-order valence-corrected chi connectivity index (χ1v) is 16.3. The Balaban J connectivity index is 0.00000504. The maximum absolute atomic E-state index is 13.6. The summed E-state index contributed by atoms with van der Waals surface area (Å²) in [6, 6.07) is 21.4. The van der Waals surface area contributed by atoms with Crippen LogP contribution in [-0.2, 0) is 19.8 Å². The maximum Gasteiger partial charge on any atom is 0.416 e. The molecule has 2 aromatic heterocycles. The number of carbonyl (C=O) groups is 2. The van der Waals surface area contributed by atoms with Crippen molar-refractivity contribution in [1.82, 2.24) is 19.4 Å². The second kappa shape index (κ2) is 15.6. The average Bonchev–Trinajstić information content (AvgIpc) is 3.43. The van der Waals surface area contributed by atoms with Crippen molar-refractivity contribution in [3.8, 4) is 17.4 Å². The van der Waals surface area contributed by atoms with Crippen molar-refractivity contribution in [2.45, 2.75) is 26.6 Å². The minimum atomic E-state index is -4.48. The third-order valence-electron chi connectivity index (χ3n) is 8.94. The lowest BCUT2D eigenvalue weighted by Gasteiger charge is -2.34. The molecular formula is C38H39BrF3N5O4. The molecule has 0 radical (unpaired) electrons. The van der Waals surface area contributed by atoms with Crippen LogP contribution in [0.4, 0.5) is 18.9 Å². The number of fused-ring (bicyclic) bond motifs is 1. The first-order valence-electron chi connectivity index (χ1n) is 16.3. The zero-order chi connectivity index (χ0) is 35.6. The molecule has 0 unspecified atom stereocenters. The molecule has 0 N–H and O–H groups in total. The summed E-state index contributed by atoms with van der Waals surface area (Å²) in [6.45, 7) is 8.05. The summed E-state index contributed by atoms with van der Waals surface area (Å²) in [5.74, 6) is 1.20. The summed E-state index contributed by atoms with van der Waals surface area (Å²) in [7, 11) is 3.42. The van der Waals surface area contributed by atoms with Crippen molar-refractivity contribution >= 4 is 45.4 Å². The molecular weight excluding hydrogens is 727 g/mol. The van der Waals surface area contributed by atoms with E-state index < -0.39 is 17.6 Å². The Morgan fingerprint density at radius 3 is 2.20 bits per heavy atom. The summed E-state index contributed by atoms with van der Waals surface area (Å²) < 4.78 is 52.3. The molecule has 1 aliphatic heterocycles. The van der Waals surface area contributed by atoms with Crippen LogP contribution in [0, 0.1) is 6.92 Å². The monoisotopic (exact) mass is 765 g/mol. The third kappa shape index (κ3) is 8.37. The van der Waals surface area contributed by atoms with Crippen LogP contribution in [0.3, 0.4) is 0 Å². The Labute approximate surface area is 305 Å². The van der Waals surface area contributed by atoms with E-state index in [2.05, 4.69) is 22.0 Å². The highest BCUT2D eigenvalue weighted by Gasteiger charge is 2.30. The summed E-state index contributed by atoms with van der Waals surface area (Å²) in [4.78, 5) is 36.6. The number of ether oxygens (including phenoxy) is 2. The summed E-state index contributed by atoms with van der Waals surface area (Å²) in [5.41, 5.74) is 3.16. The number of anilines is 1. The number of halogens is 4. The van der Waals surface area contributed by atoms with Crippen LogP contribution in [0.2, 0.25) is 0 Å². The topological polar surface area (TPSA) is 80.1 Å². The van der Waals surface area contributed by atoms with Gasteiger partial charge in [-0.15, -0.1) is 17.0 Å². The average molecular weight is 767 g/mol. The van der Waals surface area contributed by atoms with Crippen molar-refractivity contribution in [3.63, 3.8) is 0 Å². The minimum Gasteiger partial charge on any atom is -0.494 e. The van der Waals surface area contributed by atoms with Gasteiger partial charge in [0.15, 0.2) is 0 Å². The van der Waals surface area contributed by atoms with Gasteiger partial charge in [0.05, 0.1) is 24.1 Å². The Morgan fingerprint density at radius 2 is 1.57 bits per heavy atom. The molecule has 0 aliphatic carbocycles. The van der Waals surface area contributed by atoms with Gasteiger partial charge in [0.2, 0.25) is 5.88 Å². The van der Waals surface area contributed by atoms with Gasteiger partial charge in [0.1, 0.15) is 17.2 Å². The smallest absolute Gasteiger partial charge is 0.416 e. The number of carbonyl (C=O) groups excluding carboxylic acids is 2. The largest absolute Gasteiger partial charge is 0.494 e. The summed E-state index contributed by atoms with van der Waals surface area (Å²) in [5, 5.41) is 0.845. The molecule has 51 heavy (non-hydrogen) atoms. The van der Waals surface area contributed by atoms with Gasteiger partial charge in [0, 0.05) is 69.4 Å². The molecule has 268 valence electrons. The molecule has 3 aromatic carbocycles. The molecule has 9 nitrogen and oxygen atoms in total. The van der Waals surface area contributed by atoms with E-state index in [-0.39, 0.29) is 28.5 Å². The number of hydrogen-bond acceptors (Lipinski definition) is 6. The summed E-state index contributed by atoms with van der Waals surface area (Å²) in [6.07, 6.45) is -2.99. The van der Waals surface area contributed by atoms with E-state index in [0.29, 0.717) is 48.3 Å². The molecule has 0 atom stereocenters. The molecule has 1 aliphatic rings. The number of hydrogen-bond donors (Lipinski definition) is 0. The first kappa shape index (κ1) is 37.4. The molecule has 1 saturated heterocycles. The highest BCUT2D eigenvalue weighted by Crippen LogP contribution is 2.31. The molecule has 0 bridgehead atoms. The third-order valence-corrected chi connectivity index (χ3v) is 8.94. The highest BCUT2D eigenvalue weighted by molar-refractivity contribution is 8.93. The molecule has 3 heterocycles. The predicted octanol–water partition coefficient (Wildman–Crippen LogP) is 7.90. The van der Waals surface area contributed by atoms with E-state index in [1.54, 1.807) is 13.0 Å². The lowest BCUT2D eigenvalue weighted by molar-refractivity contribution is -0.137. The van der Waals surface area contributed by atoms with Crippen LogP contribution < -0.4 is 14.4 Å². The quantitative estimate of drug-likeness (QED) is 0.152. The van der Waals surface area contributed by atoms with Crippen LogP contribution in [0.5, 0.6) is 17.4 Å². The van der Waals surface area contributed by atoms with Gasteiger partial charge in [-0.2, -0.15) is 13.2 Å². The maximum atomic E-state index is 13.6. The molecule has 0 spiro atoms. The van der Waals surface area contributed by atoms with Crippen molar-refractivity contribution in [3.05, 3.63) is 113 Å². The number of rotatable bonds is 9. The molecule has 6 rings (SSSR count). The second-order valence-electron chi connectivity index (χ2n) is 12.3. The van der Waals surface area contributed by atoms with Gasteiger partial charge in [-0.3, -0.25) is 14.5 Å². The highest BCUT2D eigenvalue weighted by atomic mass is 79.9. The minimum absolute atomic E-state index is 0. The molecule has 0 saturated carbocycles. The van der Waals surface area contributed by atoms with E-state index in [1.807, 2.05) is 59.8 Å². The fourth-order valence-corrected chi connectivity index (χ4v) is 6.14. The van der Waals surface area contributed by atoms with E-state index in [1.165, 1.54) is 23.7 Å². The van der Waals surface area contributed by atoms with E-state index in [4.69, 9.17) is 9.47 Å². The van der Waals surface area contributed by atoms with Gasteiger partial charge in [-0.1, -0.05) is 12.1 Å². The van der Waals surface area contributed by atoms with E-state index >= 15 is 0 Å². The zero-order valence-electron chi connectivity index (χ0n) is 28.7. The Bertz CT molecular complexity index is 2010. The first-order chi connectivity index (χ1) is 23.9. The standard InChI is InChI=1S/C38H38F3N5O4.BrH/c1-5-49-30-12-6-26(7-13-30)24-45-16-18-46(19-17-45)37(48)33-22-28-21-31(14-15-32(28)43(33)3)50-35-20-25(2)34(23-42-35)44(4)36(47)27-8-10-29(11-9-27)38(39,40)41;/h6-15,20-23H,5,16-19,24H2,1-4H3;1H. The fraction of sp³-hybridized carbons (Fsp3) is 0.289. The fourth-order valence-electron chi connectivity index (χ4n) is 6.14. The number of benzene rings is 3. The van der Waals surface area contributed by atoms with Gasteiger partial charge in [0.25, 0.3) is 11.8 Å². The van der Waals surface area contributed by atoms with Crippen molar-refractivity contribution < 1.29 is 32.2 Å². The van der Waals surface area contributed by atoms with Crippen molar-refractivity contribution in [2.24, 2.45) is 7.05 Å². The molecule has 1 fully saturated rings. The summed E-state index contributed by atoms with van der Waals surface area (Å²) >= 11 is 0. The normalized spacial score (nSPS) is 13.5. The lowest BCUT2D eigenvalue weighted by Crippen LogP contribution is -2.48. The second-order valence-corrected chi connectivity index (χ2v) is 12.3. The molecule has 5 aromatic rings. The number of pyridine rings is 1. The number of aromatic nitrogens is 2. The van der Waals surface area contributed by atoms with Gasteiger partial charge >= 0.3 is 6.18 Å². The van der Waals surface area contributed by atoms with Crippen LogP contribution in [-0.4, -0.2) is 71.0 Å². The SMILES string of the molecule is Br.CCOc1ccc(CN2CCN(C(=O)c3cc4cc(Oc5cc(C)c(N(C)C(=O)c6ccc(C(F)(F)F)cc6)cn5)ccc4n3C)CC2)cc1. The number of amides is 2. The van der Waals surface area contributed by atoms with Crippen LogP contribution >= 0.6 is 17.0 Å². The number of aryl methyl sites for hydroxylation is 2. The zero-order valence-corrected chi connectivity index (χ0v) is 30.4. The Morgan fingerprint density at radius 1 is 0.902 bits per heavy atom. The van der Waals surface area contributed by atoms with Crippen molar-refractivity contribution in [1.29, 1.82) is 0 Å². The Kier molecular flexibility index (Phi) is 11.4. The van der Waals surface area contributed by atoms with Crippen LogP contribution in [0.25, 0.3) is 10.9 Å². The van der Waals surface area contributed by atoms with E-state index in [0.717, 1.165) is 60.6 Å². The number of nitrogens with zero attached hydrogens (tertiary/aromatic N) is 5. The van der Waals surface area contributed by atoms with Gasteiger partial charge in [-0.25, -0.2) is 4.98 Å². The number of alkyl halides is 3. The van der Waals surface area contributed by atoms with Crippen molar-refractivity contribution in [2.75, 3.05) is 44.7 Å². The predicted molar refractivity (Wildman–Crippen MR) is 195 cm³/mol. The van der Waals surface area contributed by atoms with Gasteiger partial charge in [-0.05, 0) is 85.6 Å². The van der Waals surface area contributed by atoms with Crippen LogP contribution in [0.1, 0.15) is 44.5 Å².